The van der Waals surface area contributed by atoms with Crippen molar-refractivity contribution in [3.63, 3.8) is 0 Å². The predicted molar refractivity (Wildman–Crippen MR) is 132 cm³/mol. The molecule has 33 heavy (non-hydrogen) atoms. The number of rotatable bonds is 11. The zero-order valence-electron chi connectivity index (χ0n) is 19.7. The van der Waals surface area contributed by atoms with Gasteiger partial charge in [0.2, 0.25) is 15.1 Å². The van der Waals surface area contributed by atoms with Gasteiger partial charge in [0.05, 0.1) is 12.4 Å². The number of aromatic nitrogens is 2. The summed E-state index contributed by atoms with van der Waals surface area (Å²) in [5.74, 6) is -0.538. The molecule has 0 unspecified atom stereocenters. The Labute approximate surface area is 202 Å². The van der Waals surface area contributed by atoms with Crippen molar-refractivity contribution in [2.24, 2.45) is 0 Å². The number of hydrogen-bond acceptors (Lipinski definition) is 6. The molecular formula is C25H33ClN2O4S. The molecule has 2 aromatic rings. The SMILES string of the molecule is CCCCCc1cc(O)c(C/C=C(\C)CCC=C(C)C)c(O)c1S(=O)(=O)c1cnc(Cl)nc1. The summed E-state index contributed by atoms with van der Waals surface area (Å²) in [5, 5.41) is 21.7. The number of sulfone groups is 1. The van der Waals surface area contributed by atoms with E-state index < -0.39 is 15.6 Å². The molecule has 0 aliphatic rings. The largest absolute Gasteiger partial charge is 0.508 e. The minimum absolute atomic E-state index is 0.0681. The van der Waals surface area contributed by atoms with Gasteiger partial charge in [-0.2, -0.15) is 0 Å². The number of aromatic hydroxyl groups is 2. The highest BCUT2D eigenvalue weighted by Gasteiger charge is 2.29. The summed E-state index contributed by atoms with van der Waals surface area (Å²) in [5.41, 5.74) is 2.90. The minimum atomic E-state index is -4.13. The number of unbranched alkanes of at least 4 members (excludes halogenated alkanes) is 2. The lowest BCUT2D eigenvalue weighted by Crippen LogP contribution is -2.09. The molecule has 0 aliphatic carbocycles. The lowest BCUT2D eigenvalue weighted by Gasteiger charge is -2.17. The fourth-order valence-electron chi connectivity index (χ4n) is 3.50. The van der Waals surface area contributed by atoms with E-state index in [1.165, 1.54) is 11.6 Å². The van der Waals surface area contributed by atoms with E-state index in [1.54, 1.807) is 0 Å². The van der Waals surface area contributed by atoms with E-state index in [4.69, 9.17) is 11.6 Å². The topological polar surface area (TPSA) is 100 Å². The molecule has 180 valence electrons. The fraction of sp³-hybridized carbons (Fsp3) is 0.440. The Balaban J connectivity index is 2.51. The zero-order chi connectivity index (χ0) is 24.6. The van der Waals surface area contributed by atoms with Gasteiger partial charge in [-0.25, -0.2) is 18.4 Å². The van der Waals surface area contributed by atoms with Gasteiger partial charge in [-0.3, -0.25) is 0 Å². The van der Waals surface area contributed by atoms with Crippen LogP contribution >= 0.6 is 11.6 Å². The molecular weight excluding hydrogens is 460 g/mol. The number of phenolic OH excluding ortho intramolecular Hbond substituents is 2. The third-order valence-corrected chi connectivity index (χ3v) is 7.40. The molecule has 0 amide bonds. The van der Waals surface area contributed by atoms with Crippen LogP contribution < -0.4 is 0 Å². The number of nitrogens with zero attached hydrogens (tertiary/aromatic N) is 2. The van der Waals surface area contributed by atoms with Crippen LogP contribution in [0.4, 0.5) is 0 Å². The quantitative estimate of drug-likeness (QED) is 0.215. The number of aryl methyl sites for hydroxylation is 1. The summed E-state index contributed by atoms with van der Waals surface area (Å²) >= 11 is 5.72. The average molecular weight is 493 g/mol. The molecule has 1 aromatic heterocycles. The summed E-state index contributed by atoms with van der Waals surface area (Å²) in [6.45, 7) is 8.12. The Morgan fingerprint density at radius 1 is 1.09 bits per heavy atom. The summed E-state index contributed by atoms with van der Waals surface area (Å²) in [4.78, 5) is 7.19. The summed E-state index contributed by atoms with van der Waals surface area (Å²) in [6, 6.07) is 1.46. The van der Waals surface area contributed by atoms with Crippen molar-refractivity contribution >= 4 is 21.4 Å². The highest BCUT2D eigenvalue weighted by atomic mass is 35.5. The number of halogens is 1. The van der Waals surface area contributed by atoms with E-state index in [9.17, 15) is 18.6 Å². The molecule has 1 heterocycles. The van der Waals surface area contributed by atoms with Gasteiger partial charge in [-0.1, -0.05) is 43.1 Å². The summed E-state index contributed by atoms with van der Waals surface area (Å²) < 4.78 is 26.9. The lowest BCUT2D eigenvalue weighted by molar-refractivity contribution is 0.427. The standard InChI is InChI=1S/C25H33ClN2O4S/c1-5-6-7-11-19-14-22(29)21(13-12-18(4)10-8-9-17(2)3)23(30)24(19)33(31,32)20-15-27-25(26)28-16-20/h9,12,14-16,29-30H,5-8,10-11,13H2,1-4H3/b18-12+. The van der Waals surface area contributed by atoms with Crippen molar-refractivity contribution in [3.8, 4) is 11.5 Å². The molecule has 0 radical (unpaired) electrons. The molecule has 2 rings (SSSR count). The van der Waals surface area contributed by atoms with Crippen LogP contribution in [0.25, 0.3) is 0 Å². The van der Waals surface area contributed by atoms with Gasteiger partial charge in [0.1, 0.15) is 21.3 Å². The molecule has 8 heteroatoms. The van der Waals surface area contributed by atoms with Crippen molar-refractivity contribution in [1.29, 1.82) is 0 Å². The first kappa shape index (κ1) is 26.9. The second-order valence-corrected chi connectivity index (χ2v) is 10.7. The Hall–Kier alpha value is -2.38. The van der Waals surface area contributed by atoms with Crippen LogP contribution in [0.3, 0.4) is 0 Å². The monoisotopic (exact) mass is 492 g/mol. The maximum atomic E-state index is 13.4. The van der Waals surface area contributed by atoms with Crippen LogP contribution in [-0.2, 0) is 22.7 Å². The summed E-state index contributed by atoms with van der Waals surface area (Å²) in [6.07, 6.45) is 11.3. The number of hydrogen-bond donors (Lipinski definition) is 2. The van der Waals surface area contributed by atoms with Crippen molar-refractivity contribution in [2.75, 3.05) is 0 Å². The Bertz CT molecular complexity index is 1120. The van der Waals surface area contributed by atoms with E-state index in [0.717, 1.165) is 50.1 Å². The molecule has 6 nitrogen and oxygen atoms in total. The van der Waals surface area contributed by atoms with Crippen LogP contribution in [-0.4, -0.2) is 28.6 Å². The highest BCUT2D eigenvalue weighted by Crippen LogP contribution is 2.40. The third kappa shape index (κ3) is 7.30. The number of benzene rings is 1. The van der Waals surface area contributed by atoms with Gasteiger partial charge in [0, 0.05) is 5.56 Å². The Morgan fingerprint density at radius 2 is 1.76 bits per heavy atom. The normalized spacial score (nSPS) is 12.1. The van der Waals surface area contributed by atoms with Gasteiger partial charge in [-0.15, -0.1) is 0 Å². The van der Waals surface area contributed by atoms with E-state index in [1.807, 2.05) is 33.8 Å². The second kappa shape index (κ2) is 12.2. The number of phenols is 2. The van der Waals surface area contributed by atoms with Crippen LogP contribution in [0.5, 0.6) is 11.5 Å². The van der Waals surface area contributed by atoms with Gasteiger partial charge in [-0.05, 0) is 76.1 Å². The summed E-state index contributed by atoms with van der Waals surface area (Å²) in [7, 11) is -4.13. The molecule has 0 spiro atoms. The minimum Gasteiger partial charge on any atom is -0.508 e. The van der Waals surface area contributed by atoms with Crippen LogP contribution in [0.1, 0.15) is 70.9 Å². The first-order valence-electron chi connectivity index (χ1n) is 11.2. The fourth-order valence-corrected chi connectivity index (χ4v) is 5.10. The highest BCUT2D eigenvalue weighted by molar-refractivity contribution is 7.91. The van der Waals surface area contributed by atoms with Gasteiger partial charge in [0.25, 0.3) is 0 Å². The molecule has 0 saturated heterocycles. The Kier molecular flexibility index (Phi) is 9.92. The van der Waals surface area contributed by atoms with Crippen molar-refractivity contribution < 1.29 is 18.6 Å². The van der Waals surface area contributed by atoms with E-state index in [2.05, 4.69) is 16.0 Å². The molecule has 0 saturated carbocycles. The van der Waals surface area contributed by atoms with Gasteiger partial charge < -0.3 is 10.2 Å². The smallest absolute Gasteiger partial charge is 0.222 e. The molecule has 1 aromatic carbocycles. The third-order valence-electron chi connectivity index (χ3n) is 5.38. The zero-order valence-corrected chi connectivity index (χ0v) is 21.3. The van der Waals surface area contributed by atoms with Crippen molar-refractivity contribution in [2.45, 2.75) is 82.4 Å². The van der Waals surface area contributed by atoms with Crippen LogP contribution in [0.15, 0.2) is 51.5 Å². The molecule has 2 N–H and O–H groups in total. The van der Waals surface area contributed by atoms with E-state index in [0.29, 0.717) is 12.0 Å². The van der Waals surface area contributed by atoms with Gasteiger partial charge >= 0.3 is 0 Å². The lowest BCUT2D eigenvalue weighted by atomic mass is 10.00. The first-order valence-corrected chi connectivity index (χ1v) is 13.0. The first-order chi connectivity index (χ1) is 15.6. The second-order valence-electron chi connectivity index (χ2n) is 8.43. The number of allylic oxidation sites excluding steroid dienone is 4. The molecule has 0 bridgehead atoms. The molecule has 0 atom stereocenters. The van der Waals surface area contributed by atoms with Crippen LogP contribution in [0.2, 0.25) is 5.28 Å². The average Bonchev–Trinajstić information content (AvgIpc) is 2.73. The van der Waals surface area contributed by atoms with E-state index >= 15 is 0 Å². The Morgan fingerprint density at radius 3 is 2.36 bits per heavy atom. The van der Waals surface area contributed by atoms with Gasteiger partial charge in [0.15, 0.2) is 0 Å². The van der Waals surface area contributed by atoms with Crippen molar-refractivity contribution in [3.05, 3.63) is 58.2 Å². The maximum absolute atomic E-state index is 13.4. The van der Waals surface area contributed by atoms with Crippen LogP contribution in [0, 0.1) is 0 Å². The van der Waals surface area contributed by atoms with Crippen molar-refractivity contribution in [1.82, 2.24) is 9.97 Å². The maximum Gasteiger partial charge on any atom is 0.222 e. The predicted octanol–water partition coefficient (Wildman–Crippen LogP) is 6.34. The van der Waals surface area contributed by atoms with E-state index in [-0.39, 0.29) is 32.8 Å². The molecule has 0 fully saturated rings. The molecule has 0 aliphatic heterocycles.